The van der Waals surface area contributed by atoms with Gasteiger partial charge in [0.15, 0.2) is 11.5 Å². The summed E-state index contributed by atoms with van der Waals surface area (Å²) in [6, 6.07) is 14.3. The number of rotatable bonds is 5. The van der Waals surface area contributed by atoms with Gasteiger partial charge in [0.2, 0.25) is 0 Å². The van der Waals surface area contributed by atoms with Crippen molar-refractivity contribution in [2.75, 3.05) is 20.8 Å². The van der Waals surface area contributed by atoms with E-state index in [1.165, 1.54) is 0 Å². The number of hydrogen-bond acceptors (Lipinski definition) is 4. The van der Waals surface area contributed by atoms with Gasteiger partial charge >= 0.3 is 0 Å². The molecule has 23 heavy (non-hydrogen) atoms. The van der Waals surface area contributed by atoms with E-state index in [2.05, 4.69) is 29.2 Å². The number of ether oxygens (including phenoxy) is 2. The standard InChI is InChI=1S/C19H20N2O2/c1-22-17-12-15(11-14(8-9-20)19(17)23-2)16-7-3-5-13-6-4-10-21-18(13)16/h3-7,10-12H,8-9,20H2,1-2H3. The average Bonchev–Trinajstić information content (AvgIpc) is 2.60. The number of aromatic nitrogens is 1. The monoisotopic (exact) mass is 308 g/mol. The first-order chi connectivity index (χ1) is 11.3. The van der Waals surface area contributed by atoms with Crippen LogP contribution in [0.1, 0.15) is 5.56 Å². The maximum atomic E-state index is 5.75. The molecular weight excluding hydrogens is 288 g/mol. The summed E-state index contributed by atoms with van der Waals surface area (Å²) in [5.74, 6) is 1.45. The minimum atomic E-state index is 0.552. The fraction of sp³-hybridized carbons (Fsp3) is 0.211. The topological polar surface area (TPSA) is 57.4 Å². The number of para-hydroxylation sites is 1. The van der Waals surface area contributed by atoms with Gasteiger partial charge in [-0.05, 0) is 42.3 Å². The largest absolute Gasteiger partial charge is 0.493 e. The Morgan fingerprint density at radius 1 is 1.04 bits per heavy atom. The lowest BCUT2D eigenvalue weighted by atomic mass is 9.98. The lowest BCUT2D eigenvalue weighted by Gasteiger charge is -2.15. The van der Waals surface area contributed by atoms with E-state index in [-0.39, 0.29) is 0 Å². The van der Waals surface area contributed by atoms with Crippen LogP contribution in [0.3, 0.4) is 0 Å². The van der Waals surface area contributed by atoms with Gasteiger partial charge in [0.05, 0.1) is 19.7 Å². The molecule has 0 aliphatic rings. The van der Waals surface area contributed by atoms with E-state index in [4.69, 9.17) is 15.2 Å². The van der Waals surface area contributed by atoms with Crippen molar-refractivity contribution in [3.63, 3.8) is 0 Å². The van der Waals surface area contributed by atoms with Crippen molar-refractivity contribution in [3.05, 3.63) is 54.2 Å². The molecule has 0 aliphatic heterocycles. The zero-order valence-electron chi connectivity index (χ0n) is 13.4. The van der Waals surface area contributed by atoms with Crippen LogP contribution in [0.5, 0.6) is 11.5 Å². The van der Waals surface area contributed by atoms with Crippen LogP contribution in [0.2, 0.25) is 0 Å². The second kappa shape index (κ2) is 6.67. The van der Waals surface area contributed by atoms with E-state index in [0.29, 0.717) is 12.3 Å². The van der Waals surface area contributed by atoms with Crippen molar-refractivity contribution < 1.29 is 9.47 Å². The molecule has 0 spiro atoms. The van der Waals surface area contributed by atoms with E-state index in [1.54, 1.807) is 14.2 Å². The zero-order chi connectivity index (χ0) is 16.2. The number of nitrogens with zero attached hydrogens (tertiary/aromatic N) is 1. The third-order valence-electron chi connectivity index (χ3n) is 3.91. The summed E-state index contributed by atoms with van der Waals surface area (Å²) in [6.45, 7) is 0.552. The molecule has 2 N–H and O–H groups in total. The Balaban J connectivity index is 2.24. The Morgan fingerprint density at radius 3 is 2.61 bits per heavy atom. The van der Waals surface area contributed by atoms with Gasteiger partial charge in [-0.15, -0.1) is 0 Å². The summed E-state index contributed by atoms with van der Waals surface area (Å²) in [7, 11) is 3.30. The second-order valence-corrected chi connectivity index (χ2v) is 5.29. The summed E-state index contributed by atoms with van der Waals surface area (Å²) in [6.07, 6.45) is 2.54. The minimum Gasteiger partial charge on any atom is -0.493 e. The van der Waals surface area contributed by atoms with Crippen LogP contribution in [0, 0.1) is 0 Å². The van der Waals surface area contributed by atoms with Crippen molar-refractivity contribution in [1.82, 2.24) is 4.98 Å². The molecule has 3 aromatic rings. The Morgan fingerprint density at radius 2 is 1.87 bits per heavy atom. The summed E-state index contributed by atoms with van der Waals surface area (Å²) in [5.41, 5.74) is 9.88. The number of hydrogen-bond donors (Lipinski definition) is 1. The van der Waals surface area contributed by atoms with Crippen LogP contribution in [0.25, 0.3) is 22.0 Å². The van der Waals surface area contributed by atoms with Gasteiger partial charge in [-0.25, -0.2) is 0 Å². The molecule has 0 unspecified atom stereocenters. The van der Waals surface area contributed by atoms with E-state index in [0.717, 1.165) is 39.8 Å². The second-order valence-electron chi connectivity index (χ2n) is 5.29. The molecule has 0 atom stereocenters. The van der Waals surface area contributed by atoms with Crippen molar-refractivity contribution in [3.8, 4) is 22.6 Å². The van der Waals surface area contributed by atoms with Gasteiger partial charge in [-0.1, -0.05) is 24.3 Å². The van der Waals surface area contributed by atoms with Gasteiger partial charge in [-0.2, -0.15) is 0 Å². The Kier molecular flexibility index (Phi) is 4.44. The van der Waals surface area contributed by atoms with Gasteiger partial charge in [0.25, 0.3) is 0 Å². The molecule has 0 fully saturated rings. The lowest BCUT2D eigenvalue weighted by molar-refractivity contribution is 0.352. The number of pyridine rings is 1. The molecule has 4 heteroatoms. The molecule has 4 nitrogen and oxygen atoms in total. The quantitative estimate of drug-likeness (QED) is 0.784. The van der Waals surface area contributed by atoms with Crippen molar-refractivity contribution in [1.29, 1.82) is 0 Å². The smallest absolute Gasteiger partial charge is 0.163 e. The van der Waals surface area contributed by atoms with Crippen molar-refractivity contribution in [2.24, 2.45) is 5.73 Å². The highest BCUT2D eigenvalue weighted by Gasteiger charge is 2.14. The third-order valence-corrected chi connectivity index (χ3v) is 3.91. The predicted molar refractivity (Wildman–Crippen MR) is 93.0 cm³/mol. The number of methoxy groups -OCH3 is 2. The molecule has 0 amide bonds. The minimum absolute atomic E-state index is 0.552. The van der Waals surface area contributed by atoms with E-state index >= 15 is 0 Å². The fourth-order valence-corrected chi connectivity index (χ4v) is 2.88. The van der Waals surface area contributed by atoms with Crippen molar-refractivity contribution >= 4 is 10.9 Å². The molecule has 3 rings (SSSR count). The van der Waals surface area contributed by atoms with Gasteiger partial charge in [0, 0.05) is 17.1 Å². The molecular formula is C19H20N2O2. The molecule has 0 saturated heterocycles. The number of fused-ring (bicyclic) bond motifs is 1. The van der Waals surface area contributed by atoms with Crippen LogP contribution >= 0.6 is 0 Å². The maximum Gasteiger partial charge on any atom is 0.163 e. The first-order valence-electron chi connectivity index (χ1n) is 7.57. The highest BCUT2D eigenvalue weighted by atomic mass is 16.5. The van der Waals surface area contributed by atoms with Gasteiger partial charge in [0.1, 0.15) is 0 Å². The molecule has 0 bridgehead atoms. The normalized spacial score (nSPS) is 10.7. The molecule has 0 radical (unpaired) electrons. The van der Waals surface area contributed by atoms with Crippen LogP contribution in [-0.4, -0.2) is 25.7 Å². The zero-order valence-corrected chi connectivity index (χ0v) is 13.4. The van der Waals surface area contributed by atoms with E-state index in [9.17, 15) is 0 Å². The molecule has 1 aromatic heterocycles. The third kappa shape index (κ3) is 2.85. The van der Waals surface area contributed by atoms with Gasteiger partial charge < -0.3 is 15.2 Å². The predicted octanol–water partition coefficient (Wildman–Crippen LogP) is 3.42. The van der Waals surface area contributed by atoms with E-state index in [1.807, 2.05) is 24.4 Å². The van der Waals surface area contributed by atoms with Crippen LogP contribution in [0.15, 0.2) is 48.7 Å². The number of nitrogens with two attached hydrogens (primary N) is 1. The van der Waals surface area contributed by atoms with Crippen LogP contribution in [0.4, 0.5) is 0 Å². The molecule has 0 aliphatic carbocycles. The summed E-state index contributed by atoms with van der Waals surface area (Å²) in [5, 5.41) is 1.11. The Hall–Kier alpha value is -2.59. The maximum absolute atomic E-state index is 5.75. The Labute approximate surface area is 135 Å². The highest BCUT2D eigenvalue weighted by Crippen LogP contribution is 2.38. The van der Waals surface area contributed by atoms with Crippen molar-refractivity contribution in [2.45, 2.75) is 6.42 Å². The van der Waals surface area contributed by atoms with Crippen LogP contribution < -0.4 is 15.2 Å². The molecule has 2 aromatic carbocycles. The SMILES string of the molecule is COc1cc(-c2cccc3cccnc23)cc(CCN)c1OC. The fourth-order valence-electron chi connectivity index (χ4n) is 2.88. The summed E-state index contributed by atoms with van der Waals surface area (Å²) < 4.78 is 11.0. The molecule has 1 heterocycles. The molecule has 0 saturated carbocycles. The Bertz CT molecular complexity index is 825. The molecule has 118 valence electrons. The lowest BCUT2D eigenvalue weighted by Crippen LogP contribution is -2.05. The summed E-state index contributed by atoms with van der Waals surface area (Å²) in [4.78, 5) is 4.53. The number of benzene rings is 2. The van der Waals surface area contributed by atoms with E-state index < -0.39 is 0 Å². The average molecular weight is 308 g/mol. The first-order valence-corrected chi connectivity index (χ1v) is 7.57. The van der Waals surface area contributed by atoms with Gasteiger partial charge in [-0.3, -0.25) is 4.98 Å². The first kappa shape index (κ1) is 15.3. The van der Waals surface area contributed by atoms with Crippen LogP contribution in [-0.2, 0) is 6.42 Å². The summed E-state index contributed by atoms with van der Waals surface area (Å²) >= 11 is 0. The highest BCUT2D eigenvalue weighted by molar-refractivity contribution is 5.94.